The van der Waals surface area contributed by atoms with Crippen molar-refractivity contribution in [1.82, 2.24) is 10.2 Å². The fraction of sp³-hybridized carbons (Fsp3) is 0.929. The van der Waals surface area contributed by atoms with Gasteiger partial charge in [0.1, 0.15) is 0 Å². The number of nitrogens with zero attached hydrogens (tertiary/aromatic N) is 1. The molecule has 1 amide bonds. The summed E-state index contributed by atoms with van der Waals surface area (Å²) in [6, 6.07) is 0.155. The van der Waals surface area contributed by atoms with E-state index in [0.29, 0.717) is 0 Å². The van der Waals surface area contributed by atoms with Gasteiger partial charge in [-0.25, -0.2) is 0 Å². The summed E-state index contributed by atoms with van der Waals surface area (Å²) in [4.78, 5) is 14.5. The Morgan fingerprint density at radius 2 is 2.22 bits per heavy atom. The number of hydrogen-bond acceptors (Lipinski definition) is 3. The summed E-state index contributed by atoms with van der Waals surface area (Å²) in [6.45, 7) is 4.22. The first kappa shape index (κ1) is 13.8. The Balaban J connectivity index is 1.90. The SMILES string of the molecule is CN1CCCC(C(=O)NC2CCCC2(C)CO)C1. The number of aliphatic hydroxyl groups excluding tert-OH is 1. The van der Waals surface area contributed by atoms with Gasteiger partial charge in [0, 0.05) is 18.0 Å². The van der Waals surface area contributed by atoms with Gasteiger partial charge in [-0.15, -0.1) is 0 Å². The van der Waals surface area contributed by atoms with Crippen molar-refractivity contribution in [3.8, 4) is 0 Å². The summed E-state index contributed by atoms with van der Waals surface area (Å²) in [7, 11) is 2.08. The molecule has 0 spiro atoms. The van der Waals surface area contributed by atoms with Crippen molar-refractivity contribution in [2.24, 2.45) is 11.3 Å². The Morgan fingerprint density at radius 1 is 1.44 bits per heavy atom. The minimum absolute atomic E-state index is 0.115. The van der Waals surface area contributed by atoms with Crippen LogP contribution < -0.4 is 5.32 Å². The lowest BCUT2D eigenvalue weighted by atomic mass is 9.85. The Labute approximate surface area is 110 Å². The maximum absolute atomic E-state index is 12.3. The van der Waals surface area contributed by atoms with Crippen molar-refractivity contribution >= 4 is 5.91 Å². The zero-order valence-electron chi connectivity index (χ0n) is 11.6. The number of nitrogens with one attached hydrogen (secondary N) is 1. The second-order valence-electron chi connectivity index (χ2n) is 6.37. The van der Waals surface area contributed by atoms with Crippen LogP contribution in [0.5, 0.6) is 0 Å². The number of carbonyl (C=O) groups excluding carboxylic acids is 1. The number of carbonyl (C=O) groups is 1. The van der Waals surface area contributed by atoms with Crippen molar-refractivity contribution in [3.05, 3.63) is 0 Å². The molecular formula is C14H26N2O2. The Hall–Kier alpha value is -0.610. The molecular weight excluding hydrogens is 228 g/mol. The number of hydrogen-bond donors (Lipinski definition) is 2. The molecule has 3 atom stereocenters. The Kier molecular flexibility index (Phi) is 4.28. The number of amides is 1. The average molecular weight is 254 g/mol. The van der Waals surface area contributed by atoms with E-state index in [-0.39, 0.29) is 29.9 Å². The monoisotopic (exact) mass is 254 g/mol. The molecule has 2 fully saturated rings. The van der Waals surface area contributed by atoms with E-state index in [1.165, 1.54) is 0 Å². The van der Waals surface area contributed by atoms with E-state index in [2.05, 4.69) is 24.2 Å². The average Bonchev–Trinajstić information content (AvgIpc) is 2.72. The van der Waals surface area contributed by atoms with Crippen LogP contribution in [0.25, 0.3) is 0 Å². The highest BCUT2D eigenvalue weighted by molar-refractivity contribution is 5.79. The van der Waals surface area contributed by atoms with Gasteiger partial charge in [-0.2, -0.15) is 0 Å². The summed E-state index contributed by atoms with van der Waals surface area (Å²) in [5, 5.41) is 12.7. The molecule has 2 aliphatic rings. The molecule has 0 bridgehead atoms. The van der Waals surface area contributed by atoms with Crippen LogP contribution in [-0.2, 0) is 4.79 Å². The summed E-state index contributed by atoms with van der Waals surface area (Å²) >= 11 is 0. The number of aliphatic hydroxyl groups is 1. The fourth-order valence-corrected chi connectivity index (χ4v) is 3.34. The van der Waals surface area contributed by atoms with Crippen LogP contribution in [0.2, 0.25) is 0 Å². The van der Waals surface area contributed by atoms with Crippen molar-refractivity contribution < 1.29 is 9.90 Å². The van der Waals surface area contributed by atoms with Crippen LogP contribution in [0.15, 0.2) is 0 Å². The standard InChI is InChI=1S/C14H26N2O2/c1-14(10-17)7-3-6-12(14)15-13(18)11-5-4-8-16(2)9-11/h11-12,17H,3-10H2,1-2H3,(H,15,18). The van der Waals surface area contributed by atoms with Crippen molar-refractivity contribution in [1.29, 1.82) is 0 Å². The van der Waals surface area contributed by atoms with E-state index in [0.717, 1.165) is 45.2 Å². The van der Waals surface area contributed by atoms with Gasteiger partial charge in [0.15, 0.2) is 0 Å². The molecule has 0 aromatic heterocycles. The smallest absolute Gasteiger partial charge is 0.224 e. The molecule has 1 heterocycles. The van der Waals surface area contributed by atoms with Gasteiger partial charge in [0.2, 0.25) is 5.91 Å². The van der Waals surface area contributed by atoms with Crippen LogP contribution in [0.1, 0.15) is 39.0 Å². The number of rotatable bonds is 3. The van der Waals surface area contributed by atoms with Crippen molar-refractivity contribution in [2.75, 3.05) is 26.7 Å². The quantitative estimate of drug-likeness (QED) is 0.790. The summed E-state index contributed by atoms with van der Waals surface area (Å²) < 4.78 is 0. The second kappa shape index (κ2) is 5.57. The van der Waals surface area contributed by atoms with Crippen LogP contribution in [-0.4, -0.2) is 48.7 Å². The van der Waals surface area contributed by atoms with Crippen LogP contribution >= 0.6 is 0 Å². The minimum Gasteiger partial charge on any atom is -0.396 e. The molecule has 4 nitrogen and oxygen atoms in total. The van der Waals surface area contributed by atoms with E-state index in [1.54, 1.807) is 0 Å². The van der Waals surface area contributed by atoms with Gasteiger partial charge in [0.05, 0.1) is 12.5 Å². The lowest BCUT2D eigenvalue weighted by molar-refractivity contribution is -0.128. The maximum atomic E-state index is 12.3. The second-order valence-corrected chi connectivity index (χ2v) is 6.37. The first-order chi connectivity index (χ1) is 8.55. The maximum Gasteiger partial charge on any atom is 0.224 e. The first-order valence-corrected chi connectivity index (χ1v) is 7.15. The largest absolute Gasteiger partial charge is 0.396 e. The third-order valence-corrected chi connectivity index (χ3v) is 4.75. The molecule has 1 aliphatic heterocycles. The van der Waals surface area contributed by atoms with Crippen molar-refractivity contribution in [3.63, 3.8) is 0 Å². The highest BCUT2D eigenvalue weighted by Crippen LogP contribution is 2.37. The predicted octanol–water partition coefficient (Wildman–Crippen LogP) is 0.995. The van der Waals surface area contributed by atoms with Crippen LogP contribution in [0.4, 0.5) is 0 Å². The van der Waals surface area contributed by atoms with Gasteiger partial charge in [-0.3, -0.25) is 4.79 Å². The molecule has 18 heavy (non-hydrogen) atoms. The third kappa shape index (κ3) is 2.86. The Bertz CT molecular complexity index is 308. The van der Waals surface area contributed by atoms with E-state index in [9.17, 15) is 9.90 Å². The van der Waals surface area contributed by atoms with Gasteiger partial charge in [-0.1, -0.05) is 13.3 Å². The van der Waals surface area contributed by atoms with E-state index < -0.39 is 0 Å². The molecule has 2 N–H and O–H groups in total. The molecule has 4 heteroatoms. The molecule has 1 saturated carbocycles. The molecule has 2 rings (SSSR count). The van der Waals surface area contributed by atoms with Gasteiger partial charge in [0.25, 0.3) is 0 Å². The van der Waals surface area contributed by atoms with Gasteiger partial charge >= 0.3 is 0 Å². The lowest BCUT2D eigenvalue weighted by Gasteiger charge is -2.33. The molecule has 0 aromatic carbocycles. The number of piperidine rings is 1. The predicted molar refractivity (Wildman–Crippen MR) is 71.2 cm³/mol. The van der Waals surface area contributed by atoms with Crippen molar-refractivity contribution in [2.45, 2.75) is 45.1 Å². The first-order valence-electron chi connectivity index (χ1n) is 7.15. The van der Waals surface area contributed by atoms with Crippen LogP contribution in [0, 0.1) is 11.3 Å². The normalized spacial score (nSPS) is 37.7. The summed E-state index contributed by atoms with van der Waals surface area (Å²) in [5.74, 6) is 0.320. The summed E-state index contributed by atoms with van der Waals surface area (Å²) in [6.07, 6.45) is 5.23. The molecule has 0 aromatic rings. The third-order valence-electron chi connectivity index (χ3n) is 4.75. The molecule has 1 aliphatic carbocycles. The summed E-state index contributed by atoms with van der Waals surface area (Å²) in [5.41, 5.74) is -0.115. The van der Waals surface area contributed by atoms with E-state index >= 15 is 0 Å². The zero-order valence-corrected chi connectivity index (χ0v) is 11.6. The number of likely N-dealkylation sites (tertiary alicyclic amines) is 1. The fourth-order valence-electron chi connectivity index (χ4n) is 3.34. The minimum atomic E-state index is -0.115. The van der Waals surface area contributed by atoms with E-state index in [4.69, 9.17) is 0 Å². The van der Waals surface area contributed by atoms with Gasteiger partial charge < -0.3 is 15.3 Å². The van der Waals surface area contributed by atoms with Crippen LogP contribution in [0.3, 0.4) is 0 Å². The van der Waals surface area contributed by atoms with Gasteiger partial charge in [-0.05, 0) is 39.3 Å². The lowest BCUT2D eigenvalue weighted by Crippen LogP contribution is -2.49. The highest BCUT2D eigenvalue weighted by atomic mass is 16.3. The van der Waals surface area contributed by atoms with E-state index in [1.807, 2.05) is 0 Å². The molecule has 104 valence electrons. The molecule has 0 radical (unpaired) electrons. The Morgan fingerprint density at radius 3 is 2.89 bits per heavy atom. The topological polar surface area (TPSA) is 52.6 Å². The molecule has 3 unspecified atom stereocenters. The highest BCUT2D eigenvalue weighted by Gasteiger charge is 2.40. The zero-order chi connectivity index (χ0) is 13.2. The molecule has 1 saturated heterocycles.